The molecule has 1 saturated carbocycles. The van der Waals surface area contributed by atoms with Gasteiger partial charge in [-0.05, 0) is 38.5 Å². The van der Waals surface area contributed by atoms with E-state index in [2.05, 4.69) is 4.90 Å². The number of nitrogens with zero attached hydrogens (tertiary/aromatic N) is 1. The molecular weight excluding hydrogens is 234 g/mol. The van der Waals surface area contributed by atoms with Crippen molar-refractivity contribution in [2.24, 2.45) is 5.92 Å². The number of carbonyl (C=O) groups excluding carboxylic acids is 1. The van der Waals surface area contributed by atoms with Crippen LogP contribution < -0.4 is 0 Å². The average Bonchev–Trinajstić information content (AvgIpc) is 2.62. The molecule has 2 nitrogen and oxygen atoms in total. The average molecular weight is 256 g/mol. The highest BCUT2D eigenvalue weighted by atomic mass is 35.5. The van der Waals surface area contributed by atoms with Crippen molar-refractivity contribution in [3.8, 4) is 0 Å². The van der Waals surface area contributed by atoms with Crippen LogP contribution in [0, 0.1) is 5.92 Å². The van der Waals surface area contributed by atoms with E-state index < -0.39 is 0 Å². The molecule has 2 bridgehead atoms. The first-order valence-electron chi connectivity index (χ1n) is 7.22. The molecule has 96 valence electrons. The standard InChI is InChI=1S/C14H22ClNO/c15-11-8-12-6-7-13(9-11)16(12)14(17)10-4-2-1-3-5-10/h10-13H,1-9H2. The van der Waals surface area contributed by atoms with Gasteiger partial charge in [0.15, 0.2) is 0 Å². The number of carbonyl (C=O) groups is 1. The third kappa shape index (κ3) is 2.21. The molecule has 2 saturated heterocycles. The van der Waals surface area contributed by atoms with Crippen LogP contribution in [0.15, 0.2) is 0 Å². The fourth-order valence-electron chi connectivity index (χ4n) is 4.03. The lowest BCUT2D eigenvalue weighted by Crippen LogP contribution is -2.49. The van der Waals surface area contributed by atoms with Crippen molar-refractivity contribution in [1.82, 2.24) is 4.90 Å². The molecular formula is C14H22ClNO. The van der Waals surface area contributed by atoms with E-state index in [0.717, 1.165) is 25.7 Å². The van der Waals surface area contributed by atoms with E-state index in [0.29, 0.717) is 29.3 Å². The minimum atomic E-state index is 0.308. The number of piperidine rings is 1. The smallest absolute Gasteiger partial charge is 0.226 e. The van der Waals surface area contributed by atoms with Gasteiger partial charge in [0.05, 0.1) is 0 Å². The molecule has 0 N–H and O–H groups in total. The Morgan fingerprint density at radius 2 is 1.53 bits per heavy atom. The second-order valence-electron chi connectivity index (χ2n) is 6.03. The van der Waals surface area contributed by atoms with Gasteiger partial charge in [0.25, 0.3) is 0 Å². The van der Waals surface area contributed by atoms with Crippen molar-refractivity contribution in [2.75, 3.05) is 0 Å². The van der Waals surface area contributed by atoms with Crippen molar-refractivity contribution in [3.05, 3.63) is 0 Å². The zero-order valence-electron chi connectivity index (χ0n) is 10.4. The van der Waals surface area contributed by atoms with Gasteiger partial charge in [-0.25, -0.2) is 0 Å². The number of amides is 1. The third-order valence-corrected chi connectivity index (χ3v) is 5.24. The molecule has 2 atom stereocenters. The molecule has 0 aromatic carbocycles. The lowest BCUT2D eigenvalue weighted by molar-refractivity contribution is -0.140. The summed E-state index contributed by atoms with van der Waals surface area (Å²) in [6, 6.07) is 0.927. The van der Waals surface area contributed by atoms with E-state index in [1.165, 1.54) is 32.1 Å². The van der Waals surface area contributed by atoms with E-state index in [4.69, 9.17) is 11.6 Å². The third-order valence-electron chi connectivity index (χ3n) is 4.88. The molecule has 2 aliphatic heterocycles. The number of fused-ring (bicyclic) bond motifs is 2. The molecule has 3 aliphatic rings. The minimum absolute atomic E-state index is 0.308. The van der Waals surface area contributed by atoms with E-state index in [1.54, 1.807) is 0 Å². The second kappa shape index (κ2) is 4.79. The van der Waals surface area contributed by atoms with Gasteiger partial charge in [-0.15, -0.1) is 11.6 Å². The summed E-state index contributed by atoms with van der Waals surface area (Å²) in [6.45, 7) is 0. The van der Waals surface area contributed by atoms with Gasteiger partial charge in [-0.2, -0.15) is 0 Å². The number of alkyl halides is 1. The maximum absolute atomic E-state index is 12.6. The van der Waals surface area contributed by atoms with Crippen molar-refractivity contribution in [1.29, 1.82) is 0 Å². The molecule has 2 unspecified atom stereocenters. The fourth-order valence-corrected chi connectivity index (χ4v) is 4.44. The summed E-state index contributed by atoms with van der Waals surface area (Å²) in [6.07, 6.45) is 10.5. The second-order valence-corrected chi connectivity index (χ2v) is 6.65. The van der Waals surface area contributed by atoms with Gasteiger partial charge in [0.2, 0.25) is 5.91 Å². The Kier molecular flexibility index (Phi) is 3.34. The molecule has 17 heavy (non-hydrogen) atoms. The van der Waals surface area contributed by atoms with Crippen LogP contribution >= 0.6 is 11.6 Å². The predicted molar refractivity (Wildman–Crippen MR) is 69.1 cm³/mol. The zero-order chi connectivity index (χ0) is 11.8. The van der Waals surface area contributed by atoms with Gasteiger partial charge >= 0.3 is 0 Å². The first-order valence-corrected chi connectivity index (χ1v) is 7.65. The fraction of sp³-hybridized carbons (Fsp3) is 0.929. The topological polar surface area (TPSA) is 20.3 Å². The molecule has 3 heteroatoms. The summed E-state index contributed by atoms with van der Waals surface area (Å²) in [4.78, 5) is 14.8. The molecule has 3 rings (SSSR count). The minimum Gasteiger partial charge on any atom is -0.336 e. The molecule has 0 aromatic rings. The van der Waals surface area contributed by atoms with Crippen molar-refractivity contribution in [3.63, 3.8) is 0 Å². The molecule has 0 radical (unpaired) electrons. The van der Waals surface area contributed by atoms with Gasteiger partial charge < -0.3 is 4.90 Å². The van der Waals surface area contributed by atoms with Gasteiger partial charge in [-0.3, -0.25) is 4.79 Å². The summed E-state index contributed by atoms with van der Waals surface area (Å²) in [5.74, 6) is 0.791. The Hall–Kier alpha value is -0.240. The summed E-state index contributed by atoms with van der Waals surface area (Å²) in [7, 11) is 0. The Morgan fingerprint density at radius 1 is 0.941 bits per heavy atom. The summed E-state index contributed by atoms with van der Waals surface area (Å²) < 4.78 is 0. The Bertz CT molecular complexity index is 287. The van der Waals surface area contributed by atoms with Crippen LogP contribution in [-0.2, 0) is 4.79 Å². The van der Waals surface area contributed by atoms with Crippen LogP contribution in [0.25, 0.3) is 0 Å². The van der Waals surface area contributed by atoms with E-state index in [1.807, 2.05) is 0 Å². The molecule has 1 aliphatic carbocycles. The summed E-state index contributed by atoms with van der Waals surface area (Å²) in [5, 5.41) is 0.308. The van der Waals surface area contributed by atoms with Crippen LogP contribution in [0.2, 0.25) is 0 Å². The number of hydrogen-bond donors (Lipinski definition) is 0. The quantitative estimate of drug-likeness (QED) is 0.658. The molecule has 3 fully saturated rings. The largest absolute Gasteiger partial charge is 0.336 e. The van der Waals surface area contributed by atoms with Gasteiger partial charge in [0, 0.05) is 23.4 Å². The maximum atomic E-state index is 12.6. The first kappa shape index (κ1) is 11.8. The highest BCUT2D eigenvalue weighted by molar-refractivity contribution is 6.20. The number of hydrogen-bond acceptors (Lipinski definition) is 1. The normalized spacial score (nSPS) is 38.4. The Labute approximate surface area is 109 Å². The van der Waals surface area contributed by atoms with Crippen LogP contribution in [0.5, 0.6) is 0 Å². The van der Waals surface area contributed by atoms with Crippen molar-refractivity contribution in [2.45, 2.75) is 75.2 Å². The Morgan fingerprint density at radius 3 is 2.12 bits per heavy atom. The monoisotopic (exact) mass is 255 g/mol. The van der Waals surface area contributed by atoms with E-state index in [9.17, 15) is 4.79 Å². The summed E-state index contributed by atoms with van der Waals surface area (Å²) in [5.41, 5.74) is 0. The van der Waals surface area contributed by atoms with Crippen molar-refractivity contribution < 1.29 is 4.79 Å². The first-order chi connectivity index (χ1) is 8.25. The van der Waals surface area contributed by atoms with E-state index in [-0.39, 0.29) is 0 Å². The highest BCUT2D eigenvalue weighted by Gasteiger charge is 2.44. The SMILES string of the molecule is O=C(C1CCCCC1)N1C2CCC1CC(Cl)C2. The van der Waals surface area contributed by atoms with E-state index >= 15 is 0 Å². The molecule has 2 heterocycles. The number of halogens is 1. The lowest BCUT2D eigenvalue weighted by Gasteiger charge is -2.39. The van der Waals surface area contributed by atoms with Crippen LogP contribution in [-0.4, -0.2) is 28.3 Å². The molecule has 0 spiro atoms. The maximum Gasteiger partial charge on any atom is 0.226 e. The Balaban J connectivity index is 1.69. The summed E-state index contributed by atoms with van der Waals surface area (Å²) >= 11 is 6.26. The molecule has 0 aromatic heterocycles. The van der Waals surface area contributed by atoms with Crippen LogP contribution in [0.1, 0.15) is 57.8 Å². The van der Waals surface area contributed by atoms with Crippen LogP contribution in [0.4, 0.5) is 0 Å². The predicted octanol–water partition coefficient (Wildman–Crippen LogP) is 3.33. The molecule has 1 amide bonds. The van der Waals surface area contributed by atoms with Crippen LogP contribution in [0.3, 0.4) is 0 Å². The van der Waals surface area contributed by atoms with Crippen molar-refractivity contribution >= 4 is 17.5 Å². The van der Waals surface area contributed by atoms with Gasteiger partial charge in [-0.1, -0.05) is 19.3 Å². The van der Waals surface area contributed by atoms with Gasteiger partial charge in [0.1, 0.15) is 0 Å². The number of rotatable bonds is 1. The zero-order valence-corrected chi connectivity index (χ0v) is 11.2. The highest BCUT2D eigenvalue weighted by Crippen LogP contribution is 2.40. The lowest BCUT2D eigenvalue weighted by atomic mass is 9.87.